The minimum atomic E-state index is -4.86. The summed E-state index contributed by atoms with van der Waals surface area (Å²) in [6.45, 7) is 3.23. The van der Waals surface area contributed by atoms with E-state index in [-0.39, 0.29) is 11.3 Å². The Morgan fingerprint density at radius 2 is 1.76 bits per heavy atom. The average molecular weight is 356 g/mol. The summed E-state index contributed by atoms with van der Waals surface area (Å²) in [7, 11) is 0.899. The molecular weight excluding hydrogens is 341 g/mol. The highest BCUT2D eigenvalue weighted by Crippen LogP contribution is 2.27. The van der Waals surface area contributed by atoms with Gasteiger partial charge in [-0.15, -0.1) is 0 Å². The highest BCUT2D eigenvalue weighted by atomic mass is 19.4. The Balaban J connectivity index is 2.74. The third-order valence-electron chi connectivity index (χ3n) is 3.32. The summed E-state index contributed by atoms with van der Waals surface area (Å²) in [6, 6.07) is 5.85. The molecule has 2 aromatic rings. The zero-order valence-electron chi connectivity index (χ0n) is 13.6. The fraction of sp³-hybridized carbons (Fsp3) is 0.312. The average Bonchev–Trinajstić information content (AvgIpc) is 2.49. The molecule has 0 saturated heterocycles. The van der Waals surface area contributed by atoms with Gasteiger partial charge in [0.2, 0.25) is 0 Å². The number of aromatic nitrogens is 2. The van der Waals surface area contributed by atoms with Crippen molar-refractivity contribution in [3.8, 4) is 5.69 Å². The number of nitrogens with zero attached hydrogens (tertiary/aromatic N) is 2. The maximum absolute atomic E-state index is 12.9. The highest BCUT2D eigenvalue weighted by molar-refractivity contribution is 5.93. The second-order valence-corrected chi connectivity index (χ2v) is 5.51. The molecule has 0 aliphatic rings. The number of hydrogen-bond acceptors (Lipinski definition) is 4. The van der Waals surface area contributed by atoms with Gasteiger partial charge in [0.25, 0.3) is 5.56 Å². The molecule has 0 amide bonds. The lowest BCUT2D eigenvalue weighted by Gasteiger charge is -2.16. The van der Waals surface area contributed by atoms with Crippen molar-refractivity contribution in [1.29, 1.82) is 0 Å². The molecular formula is C16H15F3N2O4. The van der Waals surface area contributed by atoms with Crippen LogP contribution in [0.2, 0.25) is 0 Å². The van der Waals surface area contributed by atoms with Crippen molar-refractivity contribution in [3.05, 3.63) is 62.4 Å². The second kappa shape index (κ2) is 6.58. The number of esters is 1. The van der Waals surface area contributed by atoms with E-state index in [1.807, 2.05) is 0 Å². The zero-order valence-corrected chi connectivity index (χ0v) is 13.6. The number of alkyl halides is 3. The SMILES string of the molecule is CC(C)OC(=O)c1ccccc1-n1c(=O)cc(C(F)(F)F)n(C)c1=O. The maximum Gasteiger partial charge on any atom is 0.431 e. The summed E-state index contributed by atoms with van der Waals surface area (Å²) >= 11 is 0. The minimum absolute atomic E-state index is 0.102. The van der Waals surface area contributed by atoms with Crippen LogP contribution in [0.1, 0.15) is 29.9 Å². The van der Waals surface area contributed by atoms with Crippen LogP contribution in [0, 0.1) is 0 Å². The van der Waals surface area contributed by atoms with Gasteiger partial charge >= 0.3 is 17.8 Å². The van der Waals surface area contributed by atoms with Crippen molar-refractivity contribution in [2.45, 2.75) is 26.1 Å². The quantitative estimate of drug-likeness (QED) is 0.790. The van der Waals surface area contributed by atoms with E-state index in [1.54, 1.807) is 13.8 Å². The van der Waals surface area contributed by atoms with E-state index >= 15 is 0 Å². The van der Waals surface area contributed by atoms with E-state index in [0.717, 1.165) is 7.05 Å². The molecule has 1 heterocycles. The lowest BCUT2D eigenvalue weighted by molar-refractivity contribution is -0.144. The van der Waals surface area contributed by atoms with E-state index in [1.165, 1.54) is 24.3 Å². The number of para-hydroxylation sites is 1. The summed E-state index contributed by atoms with van der Waals surface area (Å²) in [4.78, 5) is 36.6. The topological polar surface area (TPSA) is 70.3 Å². The van der Waals surface area contributed by atoms with Crippen molar-refractivity contribution in [3.63, 3.8) is 0 Å². The first-order valence-electron chi connectivity index (χ1n) is 7.24. The number of carbonyl (C=O) groups excluding carboxylic acids is 1. The smallest absolute Gasteiger partial charge is 0.431 e. The van der Waals surface area contributed by atoms with Crippen molar-refractivity contribution in [2.75, 3.05) is 0 Å². The molecule has 0 spiro atoms. The first-order chi connectivity index (χ1) is 11.5. The van der Waals surface area contributed by atoms with E-state index in [2.05, 4.69) is 0 Å². The fourth-order valence-electron chi connectivity index (χ4n) is 2.24. The second-order valence-electron chi connectivity index (χ2n) is 5.51. The standard InChI is InChI=1S/C16H15F3N2O4/c1-9(2)25-14(23)10-6-4-5-7-11(10)21-13(22)8-12(16(17,18)19)20(3)15(21)24/h4-9H,1-3H3. The Morgan fingerprint density at radius 1 is 1.16 bits per heavy atom. The summed E-state index contributed by atoms with van der Waals surface area (Å²) in [5, 5.41) is 0. The molecule has 0 fully saturated rings. The molecule has 0 saturated carbocycles. The monoisotopic (exact) mass is 356 g/mol. The van der Waals surface area contributed by atoms with Crippen molar-refractivity contribution in [2.24, 2.45) is 7.05 Å². The van der Waals surface area contributed by atoms with Crippen LogP contribution in [0.4, 0.5) is 13.2 Å². The van der Waals surface area contributed by atoms with Gasteiger partial charge in [-0.25, -0.2) is 14.2 Å². The third kappa shape index (κ3) is 3.65. The summed E-state index contributed by atoms with van der Waals surface area (Å²) < 4.78 is 44.6. The van der Waals surface area contributed by atoms with Crippen LogP contribution < -0.4 is 11.2 Å². The highest BCUT2D eigenvalue weighted by Gasteiger charge is 2.35. The van der Waals surface area contributed by atoms with Gasteiger partial charge in [-0.2, -0.15) is 13.2 Å². The molecule has 0 radical (unpaired) electrons. The van der Waals surface area contributed by atoms with E-state index in [9.17, 15) is 27.6 Å². The van der Waals surface area contributed by atoms with Crippen molar-refractivity contribution >= 4 is 5.97 Å². The van der Waals surface area contributed by atoms with Crippen molar-refractivity contribution < 1.29 is 22.7 Å². The van der Waals surface area contributed by atoms with E-state index in [4.69, 9.17) is 4.74 Å². The van der Waals surface area contributed by atoms with Crippen molar-refractivity contribution in [1.82, 2.24) is 9.13 Å². The number of benzene rings is 1. The number of ether oxygens (including phenoxy) is 1. The van der Waals surface area contributed by atoms with Crippen LogP contribution >= 0.6 is 0 Å². The Morgan fingerprint density at radius 3 is 2.32 bits per heavy atom. The molecule has 0 N–H and O–H groups in total. The van der Waals surface area contributed by atoms with Gasteiger partial charge < -0.3 is 4.74 Å². The molecule has 134 valence electrons. The molecule has 9 heteroatoms. The Hall–Kier alpha value is -2.84. The number of carbonyl (C=O) groups is 1. The van der Waals surface area contributed by atoms with Gasteiger partial charge in [-0.05, 0) is 26.0 Å². The van der Waals surface area contributed by atoms with Crippen LogP contribution in [0.15, 0.2) is 39.9 Å². The Bertz CT molecular complexity index is 926. The van der Waals surface area contributed by atoms with Gasteiger partial charge in [0, 0.05) is 13.1 Å². The third-order valence-corrected chi connectivity index (χ3v) is 3.32. The minimum Gasteiger partial charge on any atom is -0.459 e. The number of rotatable bonds is 3. The van der Waals surface area contributed by atoms with Crippen LogP contribution in [0.25, 0.3) is 5.69 Å². The molecule has 6 nitrogen and oxygen atoms in total. The normalized spacial score (nSPS) is 11.6. The predicted molar refractivity (Wildman–Crippen MR) is 82.8 cm³/mol. The van der Waals surface area contributed by atoms with Gasteiger partial charge in [-0.1, -0.05) is 12.1 Å². The van der Waals surface area contributed by atoms with Gasteiger partial charge in [0.1, 0.15) is 5.69 Å². The molecule has 0 unspecified atom stereocenters. The first-order valence-corrected chi connectivity index (χ1v) is 7.24. The fourth-order valence-corrected chi connectivity index (χ4v) is 2.24. The van der Waals surface area contributed by atoms with Crippen LogP contribution in [0.5, 0.6) is 0 Å². The summed E-state index contributed by atoms with van der Waals surface area (Å²) in [5.74, 6) is -0.792. The zero-order chi connectivity index (χ0) is 18.9. The maximum atomic E-state index is 12.9. The summed E-state index contributed by atoms with van der Waals surface area (Å²) in [5.41, 5.74) is -4.03. The molecule has 0 atom stereocenters. The Kier molecular flexibility index (Phi) is 4.87. The van der Waals surface area contributed by atoms with Gasteiger partial charge in [0.15, 0.2) is 0 Å². The lowest BCUT2D eigenvalue weighted by Crippen LogP contribution is -2.41. The molecule has 1 aromatic heterocycles. The van der Waals surface area contributed by atoms with Crippen LogP contribution in [0.3, 0.4) is 0 Å². The Labute approximate surface area is 140 Å². The molecule has 0 aliphatic carbocycles. The number of halogens is 3. The van der Waals surface area contributed by atoms with Gasteiger partial charge in [0.05, 0.1) is 17.4 Å². The molecule has 1 aromatic carbocycles. The van der Waals surface area contributed by atoms with E-state index in [0.29, 0.717) is 15.2 Å². The van der Waals surface area contributed by atoms with Gasteiger partial charge in [-0.3, -0.25) is 9.36 Å². The lowest BCUT2D eigenvalue weighted by atomic mass is 10.1. The first kappa shape index (κ1) is 18.5. The molecule has 25 heavy (non-hydrogen) atoms. The number of hydrogen-bond donors (Lipinski definition) is 0. The molecule has 0 aliphatic heterocycles. The molecule has 2 rings (SSSR count). The van der Waals surface area contributed by atoms with E-state index < -0.39 is 35.2 Å². The largest absolute Gasteiger partial charge is 0.459 e. The predicted octanol–water partition coefficient (Wildman–Crippen LogP) is 2.12. The van der Waals surface area contributed by atoms with Crippen LogP contribution in [-0.2, 0) is 18.0 Å². The summed E-state index contributed by atoms with van der Waals surface area (Å²) in [6.07, 6.45) is -5.31. The molecule has 0 bridgehead atoms. The van der Waals surface area contributed by atoms with Crippen LogP contribution in [-0.4, -0.2) is 21.2 Å².